The van der Waals surface area contributed by atoms with Crippen molar-refractivity contribution in [2.24, 2.45) is 0 Å². The predicted molar refractivity (Wildman–Crippen MR) is 61.1 cm³/mol. The molecule has 5 nitrogen and oxygen atoms in total. The minimum absolute atomic E-state index is 0.166. The van der Waals surface area contributed by atoms with Crippen LogP contribution < -0.4 is 4.90 Å². The number of hydrogen-bond acceptors (Lipinski definition) is 6. The summed E-state index contributed by atoms with van der Waals surface area (Å²) in [5.41, 5.74) is -0.904. The van der Waals surface area contributed by atoms with E-state index in [1.165, 1.54) is 11.3 Å². The fraction of sp³-hybridized carbons (Fsp3) is 0.750. The zero-order valence-corrected chi connectivity index (χ0v) is 10.5. The Morgan fingerprint density at radius 3 is 2.53 bits per heavy atom. The van der Waals surface area contributed by atoms with E-state index in [0.29, 0.717) is 25.9 Å². The first-order valence-electron chi connectivity index (χ1n) is 4.70. The number of aliphatic hydroxyl groups is 2. The van der Waals surface area contributed by atoms with Crippen LogP contribution in [0.15, 0.2) is 3.92 Å². The summed E-state index contributed by atoms with van der Waals surface area (Å²) in [5, 5.41) is 27.6. The van der Waals surface area contributed by atoms with Crippen molar-refractivity contribution >= 4 is 32.4 Å². The maximum absolute atomic E-state index is 9.83. The van der Waals surface area contributed by atoms with E-state index in [1.807, 2.05) is 0 Å². The van der Waals surface area contributed by atoms with Crippen molar-refractivity contribution in [2.45, 2.75) is 18.4 Å². The van der Waals surface area contributed by atoms with Gasteiger partial charge in [0, 0.05) is 13.1 Å². The molecular weight excluding hydrogens is 282 g/mol. The Balaban J connectivity index is 1.99. The number of nitrogens with zero attached hydrogens (tertiary/aromatic N) is 3. The molecule has 0 bridgehead atoms. The predicted octanol–water partition coefficient (Wildman–Crippen LogP) is 0.624. The third kappa shape index (κ3) is 2.47. The molecule has 2 rings (SSSR count). The van der Waals surface area contributed by atoms with E-state index in [9.17, 15) is 5.11 Å². The molecule has 1 aromatic heterocycles. The average molecular weight is 294 g/mol. The standard InChI is InChI=1S/C8H12BrN3O2S/c9-6-10-11-7(15-6)12-3-1-8(14,5-13)2-4-12/h13-14H,1-5H2. The van der Waals surface area contributed by atoms with E-state index in [-0.39, 0.29) is 6.61 Å². The first kappa shape index (κ1) is 11.3. The van der Waals surface area contributed by atoms with Crippen LogP contribution in [-0.4, -0.2) is 45.7 Å². The Bertz CT molecular complexity index is 338. The summed E-state index contributed by atoms with van der Waals surface area (Å²) < 4.78 is 0.764. The van der Waals surface area contributed by atoms with E-state index in [0.717, 1.165) is 9.05 Å². The summed E-state index contributed by atoms with van der Waals surface area (Å²) >= 11 is 4.74. The smallest absolute Gasteiger partial charge is 0.209 e. The van der Waals surface area contributed by atoms with E-state index in [1.54, 1.807) is 0 Å². The molecule has 1 aliphatic rings. The van der Waals surface area contributed by atoms with Gasteiger partial charge in [-0.2, -0.15) is 0 Å². The number of rotatable bonds is 2. The number of piperidine rings is 1. The van der Waals surface area contributed by atoms with Crippen LogP contribution in [0.2, 0.25) is 0 Å². The minimum atomic E-state index is -0.904. The van der Waals surface area contributed by atoms with Gasteiger partial charge in [-0.25, -0.2) is 0 Å². The van der Waals surface area contributed by atoms with Crippen LogP contribution >= 0.6 is 27.3 Å². The molecule has 2 N–H and O–H groups in total. The van der Waals surface area contributed by atoms with Crippen LogP contribution in [0.3, 0.4) is 0 Å². The van der Waals surface area contributed by atoms with E-state index < -0.39 is 5.60 Å². The lowest BCUT2D eigenvalue weighted by Gasteiger charge is -2.36. The molecule has 0 aromatic carbocycles. The van der Waals surface area contributed by atoms with Crippen molar-refractivity contribution in [3.63, 3.8) is 0 Å². The zero-order chi connectivity index (χ0) is 10.9. The number of aliphatic hydroxyl groups excluding tert-OH is 1. The Labute approximate surface area is 99.9 Å². The fourth-order valence-corrected chi connectivity index (χ4v) is 2.74. The van der Waals surface area contributed by atoms with Gasteiger partial charge in [-0.15, -0.1) is 10.2 Å². The third-order valence-corrected chi connectivity index (χ3v) is 4.07. The van der Waals surface area contributed by atoms with Crippen LogP contribution in [-0.2, 0) is 0 Å². The van der Waals surface area contributed by atoms with Crippen LogP contribution in [0.1, 0.15) is 12.8 Å². The van der Waals surface area contributed by atoms with Gasteiger partial charge in [0.25, 0.3) is 0 Å². The molecule has 0 radical (unpaired) electrons. The Hall–Kier alpha value is -0.240. The van der Waals surface area contributed by atoms with Crippen LogP contribution in [0, 0.1) is 0 Å². The monoisotopic (exact) mass is 293 g/mol. The van der Waals surface area contributed by atoms with Crippen molar-refractivity contribution in [1.29, 1.82) is 0 Å². The van der Waals surface area contributed by atoms with E-state index in [4.69, 9.17) is 5.11 Å². The second-order valence-electron chi connectivity index (χ2n) is 3.71. The highest BCUT2D eigenvalue weighted by molar-refractivity contribution is 9.11. The molecule has 1 aliphatic heterocycles. The topological polar surface area (TPSA) is 69.5 Å². The molecule has 0 unspecified atom stereocenters. The summed E-state index contributed by atoms with van der Waals surface area (Å²) in [7, 11) is 0. The summed E-state index contributed by atoms with van der Waals surface area (Å²) in [6, 6.07) is 0. The van der Waals surface area contributed by atoms with Gasteiger partial charge in [0.15, 0.2) is 3.92 Å². The molecule has 1 aromatic rings. The lowest BCUT2D eigenvalue weighted by atomic mass is 9.93. The fourth-order valence-electron chi connectivity index (χ4n) is 1.60. The molecule has 0 aliphatic carbocycles. The van der Waals surface area contributed by atoms with Crippen molar-refractivity contribution in [3.8, 4) is 0 Å². The normalized spacial score (nSPS) is 20.6. The SMILES string of the molecule is OCC1(O)CCN(c2nnc(Br)s2)CC1. The lowest BCUT2D eigenvalue weighted by molar-refractivity contribution is -0.0325. The summed E-state index contributed by atoms with van der Waals surface area (Å²) in [6.07, 6.45) is 1.14. The van der Waals surface area contributed by atoms with Gasteiger partial charge in [0.05, 0.1) is 12.2 Å². The molecule has 15 heavy (non-hydrogen) atoms. The Morgan fingerprint density at radius 1 is 1.40 bits per heavy atom. The molecule has 0 atom stereocenters. The quantitative estimate of drug-likeness (QED) is 0.837. The van der Waals surface area contributed by atoms with Crippen molar-refractivity contribution in [2.75, 3.05) is 24.6 Å². The summed E-state index contributed by atoms with van der Waals surface area (Å²) in [5.74, 6) is 0. The number of halogens is 1. The number of aromatic nitrogens is 2. The third-order valence-electron chi connectivity index (χ3n) is 2.65. The van der Waals surface area contributed by atoms with Crippen LogP contribution in [0.4, 0.5) is 5.13 Å². The summed E-state index contributed by atoms with van der Waals surface area (Å²) in [6.45, 7) is 1.25. The highest BCUT2D eigenvalue weighted by Crippen LogP contribution is 2.29. The van der Waals surface area contributed by atoms with Crippen molar-refractivity contribution in [1.82, 2.24) is 10.2 Å². The van der Waals surface area contributed by atoms with Gasteiger partial charge in [-0.3, -0.25) is 0 Å². The maximum Gasteiger partial charge on any atom is 0.209 e. The Kier molecular flexibility index (Phi) is 3.24. The van der Waals surface area contributed by atoms with Gasteiger partial charge in [-0.1, -0.05) is 11.3 Å². The van der Waals surface area contributed by atoms with Crippen molar-refractivity contribution < 1.29 is 10.2 Å². The molecule has 0 amide bonds. The summed E-state index contributed by atoms with van der Waals surface area (Å²) in [4.78, 5) is 2.08. The second-order valence-corrected chi connectivity index (χ2v) is 5.94. The highest BCUT2D eigenvalue weighted by atomic mass is 79.9. The molecule has 84 valence electrons. The van der Waals surface area contributed by atoms with Crippen molar-refractivity contribution in [3.05, 3.63) is 3.92 Å². The molecule has 0 spiro atoms. The first-order chi connectivity index (χ1) is 7.13. The maximum atomic E-state index is 9.83. The Morgan fingerprint density at radius 2 is 2.07 bits per heavy atom. The number of anilines is 1. The van der Waals surface area contributed by atoms with Crippen LogP contribution in [0.5, 0.6) is 0 Å². The van der Waals surface area contributed by atoms with Gasteiger partial charge in [0.2, 0.25) is 5.13 Å². The van der Waals surface area contributed by atoms with Gasteiger partial charge in [-0.05, 0) is 28.8 Å². The molecule has 1 saturated heterocycles. The highest BCUT2D eigenvalue weighted by Gasteiger charge is 2.32. The van der Waals surface area contributed by atoms with Gasteiger partial charge >= 0.3 is 0 Å². The lowest BCUT2D eigenvalue weighted by Crippen LogP contribution is -2.46. The van der Waals surface area contributed by atoms with E-state index >= 15 is 0 Å². The molecular formula is C8H12BrN3O2S. The van der Waals surface area contributed by atoms with Gasteiger partial charge in [0.1, 0.15) is 0 Å². The molecule has 1 fully saturated rings. The second kappa shape index (κ2) is 4.32. The largest absolute Gasteiger partial charge is 0.393 e. The van der Waals surface area contributed by atoms with Gasteiger partial charge < -0.3 is 15.1 Å². The van der Waals surface area contributed by atoms with E-state index in [2.05, 4.69) is 31.0 Å². The first-order valence-corrected chi connectivity index (χ1v) is 6.31. The molecule has 2 heterocycles. The molecule has 0 saturated carbocycles. The van der Waals surface area contributed by atoms with Crippen LogP contribution in [0.25, 0.3) is 0 Å². The molecule has 7 heteroatoms. The number of hydrogen-bond donors (Lipinski definition) is 2. The average Bonchev–Trinajstić information content (AvgIpc) is 2.66. The zero-order valence-electron chi connectivity index (χ0n) is 8.06. The minimum Gasteiger partial charge on any atom is -0.393 e.